The average molecular weight is 182 g/mol. The first kappa shape index (κ1) is 7.24. The minimum Gasteiger partial charge on any atom is -0.493 e. The Balaban J connectivity index is 2.80. The molecule has 0 aromatic carbocycles. The van der Waals surface area contributed by atoms with Crippen LogP contribution in [0.5, 0.6) is 5.88 Å². The average Bonchev–Trinajstić information content (AvgIpc) is 2.03. The molecule has 0 atom stereocenters. The fraction of sp³-hybridized carbons (Fsp3) is 0. The van der Waals surface area contributed by atoms with Crippen molar-refractivity contribution in [3.63, 3.8) is 0 Å². The van der Waals surface area contributed by atoms with Gasteiger partial charge in [-0.2, -0.15) is 0 Å². The summed E-state index contributed by atoms with van der Waals surface area (Å²) in [5, 5.41) is 16.7. The monoisotopic (exact) mass is 181 g/mol. The number of pyridine rings is 1. The second kappa shape index (κ2) is 2.57. The van der Waals surface area contributed by atoms with E-state index in [-0.39, 0.29) is 11.0 Å². The van der Waals surface area contributed by atoms with Gasteiger partial charge in [0.1, 0.15) is 5.52 Å². The number of rotatable bonds is 0. The predicted octanol–water partition coefficient (Wildman–Crippen LogP) is 1.38. The van der Waals surface area contributed by atoms with Crippen LogP contribution in [0.3, 0.4) is 0 Å². The molecule has 4 nitrogen and oxygen atoms in total. The highest BCUT2D eigenvalue weighted by molar-refractivity contribution is 6.29. The molecule has 2 aromatic rings. The number of hydrogen-bond donors (Lipinski definition) is 1. The van der Waals surface area contributed by atoms with E-state index >= 15 is 0 Å². The van der Waals surface area contributed by atoms with Crippen molar-refractivity contribution in [2.75, 3.05) is 0 Å². The lowest BCUT2D eigenvalue weighted by atomic mass is 10.3. The Morgan fingerprint density at radius 3 is 2.83 bits per heavy atom. The van der Waals surface area contributed by atoms with Crippen LogP contribution in [0.4, 0.5) is 0 Å². The number of aromatic hydroxyl groups is 1. The van der Waals surface area contributed by atoms with E-state index in [9.17, 15) is 0 Å². The Hall–Kier alpha value is -1.42. The van der Waals surface area contributed by atoms with Gasteiger partial charge in [-0.1, -0.05) is 11.6 Å². The largest absolute Gasteiger partial charge is 0.493 e. The van der Waals surface area contributed by atoms with Crippen LogP contribution in [0.1, 0.15) is 0 Å². The number of aromatic nitrogens is 3. The Bertz CT molecular complexity index is 395. The molecule has 5 heteroatoms. The van der Waals surface area contributed by atoms with Crippen molar-refractivity contribution in [1.29, 1.82) is 0 Å². The van der Waals surface area contributed by atoms with E-state index < -0.39 is 0 Å². The van der Waals surface area contributed by atoms with Crippen molar-refractivity contribution in [2.45, 2.75) is 0 Å². The highest BCUT2D eigenvalue weighted by Gasteiger charge is 1.99. The third-order valence-electron chi connectivity index (χ3n) is 1.40. The Morgan fingerprint density at radius 1 is 1.17 bits per heavy atom. The molecule has 2 rings (SSSR count). The Kier molecular flexibility index (Phi) is 1.55. The molecule has 0 saturated heterocycles. The zero-order valence-electron chi connectivity index (χ0n) is 5.90. The van der Waals surface area contributed by atoms with Crippen LogP contribution < -0.4 is 0 Å². The van der Waals surface area contributed by atoms with Crippen molar-refractivity contribution < 1.29 is 5.11 Å². The quantitative estimate of drug-likeness (QED) is 0.667. The van der Waals surface area contributed by atoms with E-state index in [0.29, 0.717) is 11.0 Å². The van der Waals surface area contributed by atoms with Gasteiger partial charge in [-0.15, -0.1) is 10.2 Å². The Morgan fingerprint density at radius 2 is 2.00 bits per heavy atom. The molecule has 0 saturated carbocycles. The third kappa shape index (κ3) is 1.16. The lowest BCUT2D eigenvalue weighted by Gasteiger charge is -1.95. The molecule has 0 unspecified atom stereocenters. The van der Waals surface area contributed by atoms with Gasteiger partial charge in [0.15, 0.2) is 5.15 Å². The standard InChI is InChI=1S/C7H4ClN3O/c8-6-3-5-4(10-11-6)1-2-7(12)9-5/h1-3H,(H,9,12). The van der Waals surface area contributed by atoms with E-state index in [4.69, 9.17) is 16.7 Å². The van der Waals surface area contributed by atoms with Crippen LogP contribution in [0.2, 0.25) is 5.15 Å². The maximum absolute atomic E-state index is 9.02. The summed E-state index contributed by atoms with van der Waals surface area (Å²) in [6, 6.07) is 4.62. The van der Waals surface area contributed by atoms with Gasteiger partial charge in [0, 0.05) is 12.1 Å². The van der Waals surface area contributed by atoms with Crippen LogP contribution in [0.15, 0.2) is 18.2 Å². The van der Waals surface area contributed by atoms with Crippen LogP contribution in [0, 0.1) is 0 Å². The summed E-state index contributed by atoms with van der Waals surface area (Å²) in [6.07, 6.45) is 0. The predicted molar refractivity (Wildman–Crippen MR) is 44.0 cm³/mol. The molecule has 0 aliphatic heterocycles. The molecule has 2 aromatic heterocycles. The molecule has 0 amide bonds. The third-order valence-corrected chi connectivity index (χ3v) is 1.58. The summed E-state index contributed by atoms with van der Waals surface area (Å²) in [5.74, 6) is -0.0495. The fourth-order valence-corrected chi connectivity index (χ4v) is 1.03. The van der Waals surface area contributed by atoms with Crippen molar-refractivity contribution in [1.82, 2.24) is 15.2 Å². The summed E-state index contributed by atoms with van der Waals surface area (Å²) >= 11 is 5.58. The summed E-state index contributed by atoms with van der Waals surface area (Å²) in [7, 11) is 0. The fourth-order valence-electron chi connectivity index (χ4n) is 0.891. The zero-order chi connectivity index (χ0) is 8.55. The van der Waals surface area contributed by atoms with Gasteiger partial charge in [-0.05, 0) is 6.07 Å². The molecule has 60 valence electrons. The van der Waals surface area contributed by atoms with Crippen LogP contribution >= 0.6 is 11.6 Å². The van der Waals surface area contributed by atoms with Crippen LogP contribution in [-0.2, 0) is 0 Å². The molecule has 1 N–H and O–H groups in total. The molecule has 0 fully saturated rings. The highest BCUT2D eigenvalue weighted by Crippen LogP contribution is 2.14. The number of nitrogens with zero attached hydrogens (tertiary/aromatic N) is 3. The lowest BCUT2D eigenvalue weighted by Crippen LogP contribution is -1.86. The first-order chi connectivity index (χ1) is 5.75. The second-order valence-electron chi connectivity index (χ2n) is 2.24. The van der Waals surface area contributed by atoms with Gasteiger partial charge in [0.05, 0.1) is 5.52 Å². The first-order valence-corrected chi connectivity index (χ1v) is 3.62. The maximum atomic E-state index is 9.02. The molecular formula is C7H4ClN3O. The highest BCUT2D eigenvalue weighted by atomic mass is 35.5. The number of hydrogen-bond acceptors (Lipinski definition) is 4. The SMILES string of the molecule is Oc1ccc2nnc(Cl)cc2n1. The van der Waals surface area contributed by atoms with E-state index in [1.165, 1.54) is 6.07 Å². The van der Waals surface area contributed by atoms with Crippen molar-refractivity contribution in [3.8, 4) is 5.88 Å². The summed E-state index contributed by atoms with van der Waals surface area (Å²) in [5.41, 5.74) is 1.15. The number of fused-ring (bicyclic) bond motifs is 1. The summed E-state index contributed by atoms with van der Waals surface area (Å²) in [6.45, 7) is 0. The van der Waals surface area contributed by atoms with Gasteiger partial charge < -0.3 is 5.11 Å². The summed E-state index contributed by atoms with van der Waals surface area (Å²) < 4.78 is 0. The molecule has 0 aliphatic rings. The first-order valence-electron chi connectivity index (χ1n) is 3.25. The molecule has 12 heavy (non-hydrogen) atoms. The zero-order valence-corrected chi connectivity index (χ0v) is 6.65. The minimum absolute atomic E-state index is 0.0495. The van der Waals surface area contributed by atoms with Gasteiger partial charge in [0.25, 0.3) is 0 Å². The molecule has 0 radical (unpaired) electrons. The molecule has 0 bridgehead atoms. The van der Waals surface area contributed by atoms with Crippen LogP contribution in [0.25, 0.3) is 11.0 Å². The Labute approximate surface area is 72.8 Å². The minimum atomic E-state index is -0.0495. The molecule has 2 heterocycles. The second-order valence-corrected chi connectivity index (χ2v) is 2.63. The van der Waals surface area contributed by atoms with Crippen molar-refractivity contribution in [3.05, 3.63) is 23.4 Å². The smallest absolute Gasteiger partial charge is 0.211 e. The van der Waals surface area contributed by atoms with Crippen molar-refractivity contribution >= 4 is 22.6 Å². The topological polar surface area (TPSA) is 58.9 Å². The summed E-state index contributed by atoms with van der Waals surface area (Å²) in [4.78, 5) is 3.81. The maximum Gasteiger partial charge on any atom is 0.211 e. The van der Waals surface area contributed by atoms with Crippen molar-refractivity contribution in [2.24, 2.45) is 0 Å². The van der Waals surface area contributed by atoms with Gasteiger partial charge in [-0.3, -0.25) is 0 Å². The van der Waals surface area contributed by atoms with E-state index in [1.54, 1.807) is 12.1 Å². The molecular weight excluding hydrogens is 178 g/mol. The van der Waals surface area contributed by atoms with E-state index in [2.05, 4.69) is 15.2 Å². The van der Waals surface area contributed by atoms with E-state index in [0.717, 1.165) is 0 Å². The molecule has 0 aliphatic carbocycles. The van der Waals surface area contributed by atoms with Gasteiger partial charge in [-0.25, -0.2) is 4.98 Å². The lowest BCUT2D eigenvalue weighted by molar-refractivity contribution is 0.456. The number of halogens is 1. The molecule has 0 spiro atoms. The van der Waals surface area contributed by atoms with Gasteiger partial charge in [0.2, 0.25) is 5.88 Å². The van der Waals surface area contributed by atoms with E-state index in [1.807, 2.05) is 0 Å². The normalized spacial score (nSPS) is 10.4. The van der Waals surface area contributed by atoms with Crippen LogP contribution in [-0.4, -0.2) is 20.3 Å². The van der Waals surface area contributed by atoms with Gasteiger partial charge >= 0.3 is 0 Å².